The Kier molecular flexibility index (Phi) is 5.83. The van der Waals surface area contributed by atoms with Gasteiger partial charge >= 0.3 is 0 Å². The van der Waals surface area contributed by atoms with E-state index in [1.807, 2.05) is 0 Å². The molecule has 21 heteroatoms. The Morgan fingerprint density at radius 3 is 2.00 bits per heavy atom. The van der Waals surface area contributed by atoms with Gasteiger partial charge in [-0.2, -0.15) is 9.97 Å². The minimum atomic E-state index is -1.49. The number of nitrogens with one attached hydrogen (secondary N) is 2. The normalized spacial score (nSPS) is 29.7. The molecule has 2 aliphatic rings. The molecular weight excluding hydrogens is 562 g/mol. The Labute approximate surface area is 231 Å². The third kappa shape index (κ3) is 3.79. The van der Waals surface area contributed by atoms with Crippen molar-refractivity contribution in [2.75, 3.05) is 18.1 Å². The van der Waals surface area contributed by atoms with Crippen molar-refractivity contribution in [3.8, 4) is 0 Å². The van der Waals surface area contributed by atoms with Gasteiger partial charge in [-0.05, 0) is 0 Å². The number of nitrogen functional groups attached to an aromatic ring is 2. The lowest BCUT2D eigenvalue weighted by molar-refractivity contribution is -0.0492. The molecule has 8 atom stereocenters. The fourth-order valence-corrected chi connectivity index (χ4v) is 5.40. The number of ether oxygens (including phenoxy) is 2. The Morgan fingerprint density at radius 2 is 1.43 bits per heavy atom. The molecule has 5 aromatic rings. The molecule has 42 heavy (non-hydrogen) atoms. The summed E-state index contributed by atoms with van der Waals surface area (Å²) in [6.45, 7) is -0.525. The van der Waals surface area contributed by atoms with Gasteiger partial charge in [0.2, 0.25) is 11.9 Å². The number of anilines is 2. The monoisotopic (exact) mass is 585 g/mol. The number of nitrogens with zero attached hydrogens (tertiary/aromatic N) is 9. The minimum Gasteiger partial charge on any atom is -0.394 e. The first-order valence-electron chi connectivity index (χ1n) is 12.5. The third-order valence-corrected chi connectivity index (χ3v) is 7.33. The predicted octanol–water partition coefficient (Wildman–Crippen LogP) is -4.21. The molecule has 2 saturated heterocycles. The summed E-state index contributed by atoms with van der Waals surface area (Å²) < 4.78 is 15.6. The zero-order valence-electron chi connectivity index (χ0n) is 21.2. The van der Waals surface area contributed by atoms with Crippen molar-refractivity contribution in [2.24, 2.45) is 0 Å². The van der Waals surface area contributed by atoms with Gasteiger partial charge in [0.25, 0.3) is 11.1 Å². The first-order valence-corrected chi connectivity index (χ1v) is 12.5. The lowest BCUT2D eigenvalue weighted by Gasteiger charge is -2.19. The van der Waals surface area contributed by atoms with E-state index in [0.717, 1.165) is 0 Å². The fraction of sp³-hybridized carbons (Fsp3) is 0.429. The summed E-state index contributed by atoms with van der Waals surface area (Å²) in [6.07, 6.45) is -5.04. The molecule has 2 fully saturated rings. The number of aromatic nitrogens is 11. The number of aromatic amines is 2. The fourth-order valence-electron chi connectivity index (χ4n) is 5.40. The topological polar surface area (TPSA) is 309 Å². The van der Waals surface area contributed by atoms with Crippen LogP contribution in [-0.4, -0.2) is 105 Å². The molecule has 7 heterocycles. The number of hydrogen-bond donors (Lipinski definition) is 8. The van der Waals surface area contributed by atoms with Crippen LogP contribution in [0.25, 0.3) is 22.3 Å². The molecule has 21 nitrogen and oxygen atoms in total. The molecule has 0 spiro atoms. The van der Waals surface area contributed by atoms with Crippen molar-refractivity contribution < 1.29 is 29.9 Å². The van der Waals surface area contributed by atoms with E-state index in [-0.39, 0.29) is 39.9 Å². The number of fused-ring (bicyclic) bond motifs is 2. The molecule has 0 amide bonds. The molecule has 0 radical (unpaired) electrons. The van der Waals surface area contributed by atoms with E-state index in [1.165, 1.54) is 32.7 Å². The lowest BCUT2D eigenvalue weighted by atomic mass is 10.1. The quantitative estimate of drug-likeness (QED) is 0.0969. The van der Waals surface area contributed by atoms with Crippen LogP contribution in [0.3, 0.4) is 0 Å². The number of aliphatic hydroxyl groups excluding tert-OH is 4. The van der Waals surface area contributed by atoms with E-state index in [1.54, 1.807) is 0 Å². The van der Waals surface area contributed by atoms with Crippen molar-refractivity contribution in [3.63, 3.8) is 0 Å². The van der Waals surface area contributed by atoms with E-state index in [4.69, 9.17) is 20.9 Å². The third-order valence-electron chi connectivity index (χ3n) is 7.33. The van der Waals surface area contributed by atoms with Crippen molar-refractivity contribution in [2.45, 2.75) is 49.0 Å². The van der Waals surface area contributed by atoms with Gasteiger partial charge in [-0.1, -0.05) is 5.21 Å². The highest BCUT2D eigenvalue weighted by molar-refractivity contribution is 5.71. The van der Waals surface area contributed by atoms with Gasteiger partial charge in [0.15, 0.2) is 34.8 Å². The molecule has 0 saturated carbocycles. The van der Waals surface area contributed by atoms with Gasteiger partial charge in [-0.3, -0.25) is 28.7 Å². The smallest absolute Gasteiger partial charge is 0.280 e. The first kappa shape index (κ1) is 26.1. The van der Waals surface area contributed by atoms with Crippen LogP contribution in [0.2, 0.25) is 0 Å². The van der Waals surface area contributed by atoms with E-state index >= 15 is 0 Å². The van der Waals surface area contributed by atoms with Gasteiger partial charge in [-0.15, -0.1) is 5.10 Å². The molecule has 220 valence electrons. The number of hydrogen-bond acceptors (Lipinski definition) is 16. The Hall–Kier alpha value is -4.80. The van der Waals surface area contributed by atoms with E-state index < -0.39 is 66.7 Å². The minimum absolute atomic E-state index is 0.0271. The second kappa shape index (κ2) is 9.37. The molecule has 0 aromatic carbocycles. The maximum atomic E-state index is 12.2. The number of aliphatic hydroxyl groups is 4. The van der Waals surface area contributed by atoms with Crippen LogP contribution in [0.4, 0.5) is 11.9 Å². The second-order valence-corrected chi connectivity index (χ2v) is 9.83. The van der Waals surface area contributed by atoms with Crippen LogP contribution in [0.15, 0.2) is 28.4 Å². The maximum absolute atomic E-state index is 12.2. The molecule has 0 unspecified atom stereocenters. The highest BCUT2D eigenvalue weighted by Crippen LogP contribution is 2.41. The van der Waals surface area contributed by atoms with E-state index in [9.17, 15) is 30.0 Å². The van der Waals surface area contributed by atoms with Crippen LogP contribution in [0.1, 0.15) is 30.3 Å². The van der Waals surface area contributed by atoms with Gasteiger partial charge in [-0.25, -0.2) is 14.6 Å². The molecule has 2 aliphatic heterocycles. The average Bonchev–Trinajstić information content (AvgIpc) is 3.76. The highest BCUT2D eigenvalue weighted by Gasteiger charge is 2.49. The first-order chi connectivity index (χ1) is 20.2. The molecule has 7 rings (SSSR count). The van der Waals surface area contributed by atoms with Crippen molar-refractivity contribution in [1.29, 1.82) is 0 Å². The summed E-state index contributed by atoms with van der Waals surface area (Å²) in [6, 6.07) is -0.992. The highest BCUT2D eigenvalue weighted by atomic mass is 16.6. The Bertz CT molecular complexity index is 1930. The Balaban J connectivity index is 1.18. The van der Waals surface area contributed by atoms with Crippen LogP contribution in [-0.2, 0) is 9.47 Å². The van der Waals surface area contributed by atoms with Crippen LogP contribution >= 0.6 is 0 Å². The summed E-state index contributed by atoms with van der Waals surface area (Å²) in [5, 5.41) is 51.0. The number of H-pyrrole nitrogens is 2. The number of nitrogens with two attached hydrogens (primary N) is 2. The van der Waals surface area contributed by atoms with Gasteiger partial charge in [0, 0.05) is 0 Å². The zero-order valence-corrected chi connectivity index (χ0v) is 21.2. The molecule has 10 N–H and O–H groups in total. The van der Waals surface area contributed by atoms with E-state index in [0.29, 0.717) is 0 Å². The lowest BCUT2D eigenvalue weighted by Crippen LogP contribution is -2.31. The number of rotatable bonds is 5. The zero-order chi connectivity index (χ0) is 29.4. The number of imidazole rings is 2. The summed E-state index contributed by atoms with van der Waals surface area (Å²) in [5.41, 5.74) is 10.3. The predicted molar refractivity (Wildman–Crippen MR) is 136 cm³/mol. The standard InChI is InChI=1S/C21H23N13O8/c22-20-26-14-7(16(39)28-20)24-3-32(14)18-10(36)9(6(2-35)41-18)34-1-5(30-31-34)13-11(37)12(38)19(42-13)33-4-25-8-15(33)27-21(23)29-17(8)40/h1,3-4,6,9-13,18-19,35-38H,2H2,(H3,22,26,28,39)(H3,23,27,29,40)/t6-,9-,10-,11-,12-,13-,18-,19-/m1/s1. The van der Waals surface area contributed by atoms with Crippen LogP contribution in [0.5, 0.6) is 0 Å². The van der Waals surface area contributed by atoms with Crippen LogP contribution < -0.4 is 22.6 Å². The second-order valence-electron chi connectivity index (χ2n) is 9.83. The molecular formula is C21H23N13O8. The summed E-state index contributed by atoms with van der Waals surface area (Å²) in [5.74, 6) is -0.339. The van der Waals surface area contributed by atoms with Crippen molar-refractivity contribution in [3.05, 3.63) is 45.3 Å². The molecule has 0 bridgehead atoms. The summed E-state index contributed by atoms with van der Waals surface area (Å²) in [4.78, 5) is 45.2. The van der Waals surface area contributed by atoms with Gasteiger partial charge in [0.05, 0.1) is 25.5 Å². The molecule has 5 aromatic heterocycles. The average molecular weight is 585 g/mol. The van der Waals surface area contributed by atoms with E-state index in [2.05, 4.69) is 40.2 Å². The molecule has 0 aliphatic carbocycles. The Morgan fingerprint density at radius 1 is 0.857 bits per heavy atom. The largest absolute Gasteiger partial charge is 0.394 e. The summed E-state index contributed by atoms with van der Waals surface area (Å²) >= 11 is 0. The van der Waals surface area contributed by atoms with Gasteiger partial charge in [0.1, 0.15) is 42.3 Å². The summed E-state index contributed by atoms with van der Waals surface area (Å²) in [7, 11) is 0. The maximum Gasteiger partial charge on any atom is 0.280 e. The van der Waals surface area contributed by atoms with Crippen molar-refractivity contribution in [1.82, 2.24) is 54.0 Å². The SMILES string of the molecule is Nc1nc2c(ncn2[C@@H]2O[C@H](c3cn([C@H]4[C@@H](O)[C@H](n5cnc6c(=O)[nH]c(N)nc65)O[C@@H]4CO)nn3)[C@H](O)[C@H]2O)c(=O)[nH]1. The van der Waals surface area contributed by atoms with Crippen LogP contribution in [0, 0.1) is 0 Å². The van der Waals surface area contributed by atoms with Gasteiger partial charge < -0.3 is 41.4 Å². The van der Waals surface area contributed by atoms with Crippen molar-refractivity contribution >= 4 is 34.2 Å².